The maximum atomic E-state index is 11.2. The second-order valence-corrected chi connectivity index (χ2v) is 9.85. The molecule has 0 aliphatic heterocycles. The Kier molecular flexibility index (Phi) is 33.7. The van der Waals surface area contributed by atoms with Crippen molar-refractivity contribution in [1.82, 2.24) is 15.0 Å². The number of nitrogens with one attached hydrogen (secondary N) is 3. The van der Waals surface area contributed by atoms with E-state index in [0.717, 1.165) is 19.3 Å². The zero-order chi connectivity index (χ0) is 48.6. The van der Waals surface area contributed by atoms with E-state index in [2.05, 4.69) is 63.6 Å². The summed E-state index contributed by atoms with van der Waals surface area (Å²) in [5.41, 5.74) is 0. The van der Waals surface area contributed by atoms with Gasteiger partial charge in [-0.05, 0) is 0 Å². The number of hydrogen-bond acceptors (Lipinski definition) is 15. The number of hydrogen-bond donors (Lipinski definition) is 6. The molecule has 0 radical (unpaired) electrons. The third-order valence-corrected chi connectivity index (χ3v) is 5.56. The highest BCUT2D eigenvalue weighted by Gasteiger charge is 2.26. The van der Waals surface area contributed by atoms with Crippen LogP contribution in [0.15, 0.2) is 37.2 Å². The Labute approximate surface area is 339 Å². The summed E-state index contributed by atoms with van der Waals surface area (Å²) in [6, 6.07) is 0. The smallest absolute Gasteiger partial charge is 0.425 e. The number of carbonyl (C=O) groups is 9. The number of ether oxygens (including phenoxy) is 3. The second kappa shape index (κ2) is 33.9. The Hall–Kier alpha value is -7.02. The fraction of sp³-hybridized carbons (Fsp3) is 0.400. The fourth-order valence-corrected chi connectivity index (χ4v) is 2.90. The first-order valence-corrected chi connectivity index (χ1v) is 16.0. The van der Waals surface area contributed by atoms with Crippen LogP contribution in [0.2, 0.25) is 0 Å². The van der Waals surface area contributed by atoms with Gasteiger partial charge in [-0.3, -0.25) is 7.32 Å². The van der Waals surface area contributed by atoms with Gasteiger partial charge in [0.25, 0.3) is 17.5 Å². The van der Waals surface area contributed by atoms with Crippen molar-refractivity contribution in [1.29, 1.82) is 0 Å². The summed E-state index contributed by atoms with van der Waals surface area (Å²) in [4.78, 5) is 97.2. The lowest BCUT2D eigenvalue weighted by molar-refractivity contribution is -0.677. The zero-order valence-corrected chi connectivity index (χ0v) is 32.5. The highest BCUT2D eigenvalue weighted by atomic mass is 19.3. The molecule has 0 fully saturated rings. The minimum absolute atomic E-state index is 1.07. The van der Waals surface area contributed by atoms with Gasteiger partial charge in [-0.2, -0.15) is 26.3 Å². The number of aliphatic carboxylic acids is 3. The molecule has 0 spiro atoms. The van der Waals surface area contributed by atoms with Gasteiger partial charge in [0.2, 0.25) is 0 Å². The van der Waals surface area contributed by atoms with Crippen molar-refractivity contribution in [2.75, 3.05) is 0 Å². The summed E-state index contributed by atoms with van der Waals surface area (Å²) in [5.74, 6) is -15.1. The van der Waals surface area contributed by atoms with Crippen molar-refractivity contribution >= 4 is 61.0 Å². The number of aromatic amines is 3. The van der Waals surface area contributed by atoms with Crippen molar-refractivity contribution in [3.05, 3.63) is 54.7 Å². The number of halogens is 6. The highest BCUT2D eigenvalue weighted by Crippen LogP contribution is 1.97. The number of nitrogens with zero attached hydrogens (tertiary/aromatic N) is 3. The van der Waals surface area contributed by atoms with Gasteiger partial charge in [-0.25, -0.2) is 71.8 Å². The number of alkyl halides is 6. The number of aromatic nitrogens is 6. The lowest BCUT2D eigenvalue weighted by Crippen LogP contribution is -2.56. The molecule has 6 N–H and O–H groups in total. The van der Waals surface area contributed by atoms with Crippen LogP contribution in [0.5, 0.6) is 0 Å². The van der Waals surface area contributed by atoms with Gasteiger partial charge in [0.15, 0.2) is 0 Å². The van der Waals surface area contributed by atoms with Crippen LogP contribution in [0.25, 0.3) is 0 Å². The van der Waals surface area contributed by atoms with Crippen molar-refractivity contribution in [3.63, 3.8) is 0 Å². The van der Waals surface area contributed by atoms with Crippen LogP contribution in [0.4, 0.5) is 26.3 Å². The summed E-state index contributed by atoms with van der Waals surface area (Å²) in [6.07, 6.45) is 4.58. The minimum atomic E-state index is -3.50. The van der Waals surface area contributed by atoms with E-state index in [1.807, 2.05) is 58.3 Å². The Balaban J connectivity index is -0.000000315. The molecular formula is C30H39BF6N6O18. The minimum Gasteiger partial charge on any atom is -0.907 e. The van der Waals surface area contributed by atoms with Crippen LogP contribution in [-0.2, 0) is 97.8 Å². The fourth-order valence-electron chi connectivity index (χ4n) is 2.90. The number of esters is 6. The zero-order valence-electron chi connectivity index (χ0n) is 32.5. The van der Waals surface area contributed by atoms with Crippen molar-refractivity contribution in [3.8, 4) is 0 Å². The Morgan fingerprint density at radius 1 is 0.525 bits per heavy atom. The Bertz CT molecular complexity index is 1630. The predicted octanol–water partition coefficient (Wildman–Crippen LogP) is -4.53. The Morgan fingerprint density at radius 3 is 0.787 bits per heavy atom. The molecule has 24 nitrogen and oxygen atoms in total. The largest absolute Gasteiger partial charge is 0.907 e. The summed E-state index contributed by atoms with van der Waals surface area (Å²) in [5, 5.41) is 48.5. The van der Waals surface area contributed by atoms with E-state index in [9.17, 15) is 69.5 Å². The van der Waals surface area contributed by atoms with E-state index >= 15 is 0 Å². The van der Waals surface area contributed by atoms with Crippen LogP contribution >= 0.6 is 0 Å². The molecule has 61 heavy (non-hydrogen) atoms. The number of aryl methyl sites for hydroxylation is 6. The number of carboxylic acids is 3. The molecule has 3 heterocycles. The van der Waals surface area contributed by atoms with Gasteiger partial charge >= 0.3 is 73.0 Å². The first-order chi connectivity index (χ1) is 28.1. The summed E-state index contributed by atoms with van der Waals surface area (Å²) in [7, 11) is 3.19. The van der Waals surface area contributed by atoms with E-state index in [0.29, 0.717) is 0 Å². The monoisotopic (exact) mass is 896 g/mol. The molecule has 0 bridgehead atoms. The SMILES string of the molecule is CCc1[nH]cc[n+]1C.CCc1[nH]cc[n+]1C.CCc1[nH]cc[n+]1C.O=C(O)C(=O)OC(=O)C(F)F.O=C(O)C(=O)OC(=O)C(F)F.O=C(O)C(=O)OC(=O)C(F)F.[O-]B([O-])[O-]. The summed E-state index contributed by atoms with van der Waals surface area (Å²) < 4.78 is 83.1. The molecule has 31 heteroatoms. The number of H-pyrrole nitrogens is 3. The lowest BCUT2D eigenvalue weighted by Gasteiger charge is -2.35. The number of imidazole rings is 3. The Morgan fingerprint density at radius 2 is 0.705 bits per heavy atom. The van der Waals surface area contributed by atoms with Crippen molar-refractivity contribution < 1.29 is 128 Å². The highest BCUT2D eigenvalue weighted by molar-refractivity contribution is 6.31. The van der Waals surface area contributed by atoms with E-state index in [1.165, 1.54) is 17.5 Å². The molecule has 0 aliphatic rings. The molecule has 3 rings (SSSR count). The van der Waals surface area contributed by atoms with Crippen molar-refractivity contribution in [2.24, 2.45) is 21.1 Å². The number of carbonyl (C=O) groups excluding carboxylic acids is 6. The lowest BCUT2D eigenvalue weighted by atomic mass is 10.3. The van der Waals surface area contributed by atoms with E-state index in [4.69, 9.17) is 30.4 Å². The number of rotatable bonds is 6. The van der Waals surface area contributed by atoms with Gasteiger partial charge in [-0.1, -0.05) is 20.8 Å². The van der Waals surface area contributed by atoms with Crippen LogP contribution in [-0.4, -0.2) is 111 Å². The van der Waals surface area contributed by atoms with Crippen LogP contribution in [0.3, 0.4) is 0 Å². The van der Waals surface area contributed by atoms with Gasteiger partial charge in [0.05, 0.1) is 21.1 Å². The van der Waals surface area contributed by atoms with Gasteiger partial charge in [0, 0.05) is 19.3 Å². The predicted molar refractivity (Wildman–Crippen MR) is 174 cm³/mol. The maximum Gasteiger partial charge on any atom is 0.425 e. The first-order valence-electron chi connectivity index (χ1n) is 16.0. The van der Waals surface area contributed by atoms with E-state index in [1.54, 1.807) is 0 Å². The van der Waals surface area contributed by atoms with Crippen LogP contribution in [0, 0.1) is 0 Å². The third kappa shape index (κ3) is 32.6. The van der Waals surface area contributed by atoms with Crippen molar-refractivity contribution in [2.45, 2.75) is 59.3 Å². The summed E-state index contributed by atoms with van der Waals surface area (Å²) in [6.45, 7) is 6.39. The third-order valence-electron chi connectivity index (χ3n) is 5.56. The quantitative estimate of drug-likeness (QED) is 0.0258. The normalized spacial score (nSPS) is 9.34. The van der Waals surface area contributed by atoms with E-state index in [-0.39, 0.29) is 0 Å². The van der Waals surface area contributed by atoms with Gasteiger partial charge in [0.1, 0.15) is 37.2 Å². The standard InChI is InChI=1S/3C6H10N2.3C4H2F2O5.BO3/c3*1-3-6-7-4-5-8(6)2;3*5-1(6)3(9)11-4(10)2(7)8;2-1(3)4/h3*4-5H,3H2,1-2H3;3*1H,(H,7,8);/q;;;;;;-3/p+3. The van der Waals surface area contributed by atoms with Gasteiger partial charge < -0.3 is 44.6 Å². The molecule has 0 aliphatic carbocycles. The van der Waals surface area contributed by atoms with Gasteiger partial charge in [-0.15, -0.1) is 0 Å². The molecule has 342 valence electrons. The molecule has 0 saturated heterocycles. The number of carboxylic acid groups (broad SMARTS) is 3. The molecule has 0 atom stereocenters. The molecule has 0 saturated carbocycles. The average molecular weight is 896 g/mol. The maximum absolute atomic E-state index is 11.2. The van der Waals surface area contributed by atoms with Crippen LogP contribution < -0.4 is 28.8 Å². The molecular weight excluding hydrogens is 857 g/mol. The molecule has 0 amide bonds. The molecule has 3 aromatic heterocycles. The second-order valence-electron chi connectivity index (χ2n) is 9.85. The topological polar surface area (TPSA) is 370 Å². The summed E-state index contributed by atoms with van der Waals surface area (Å²) >= 11 is 0. The molecule has 0 aromatic carbocycles. The average Bonchev–Trinajstić information content (AvgIpc) is 3.92. The molecule has 0 unspecified atom stereocenters. The van der Waals surface area contributed by atoms with E-state index < -0.39 is 80.3 Å². The molecule has 3 aromatic rings. The first kappa shape index (κ1) is 60.7. The van der Waals surface area contributed by atoms with Crippen LogP contribution in [0.1, 0.15) is 38.2 Å².